The van der Waals surface area contributed by atoms with E-state index in [1.807, 2.05) is 12.1 Å². The summed E-state index contributed by atoms with van der Waals surface area (Å²) in [6.07, 6.45) is 5.07. The minimum atomic E-state index is -1.34. The van der Waals surface area contributed by atoms with Gasteiger partial charge in [0.05, 0.1) is 5.56 Å². The van der Waals surface area contributed by atoms with E-state index in [4.69, 9.17) is 11.5 Å². The first-order valence-corrected chi connectivity index (χ1v) is 9.28. The van der Waals surface area contributed by atoms with E-state index in [1.54, 1.807) is 24.3 Å². The third-order valence-electron chi connectivity index (χ3n) is 5.45. The van der Waals surface area contributed by atoms with E-state index in [0.717, 1.165) is 18.2 Å². The van der Waals surface area contributed by atoms with Crippen molar-refractivity contribution in [3.8, 4) is 0 Å². The summed E-state index contributed by atoms with van der Waals surface area (Å²) in [5.41, 5.74) is 12.0. The summed E-state index contributed by atoms with van der Waals surface area (Å²) in [7, 11) is 0. The highest BCUT2D eigenvalue weighted by atomic mass is 35.5. The Morgan fingerprint density at radius 3 is 2.41 bits per heavy atom. The number of Topliss-reactive ketones (excluding diaryl/α,β-unsaturated/α-hetero) is 1. The van der Waals surface area contributed by atoms with Gasteiger partial charge in [0, 0.05) is 11.6 Å². The molecule has 27 heavy (non-hydrogen) atoms. The van der Waals surface area contributed by atoms with Crippen LogP contribution in [0.25, 0.3) is 10.8 Å². The minimum absolute atomic E-state index is 0. The highest BCUT2D eigenvalue weighted by Gasteiger charge is 2.30. The van der Waals surface area contributed by atoms with Crippen molar-refractivity contribution in [2.45, 2.75) is 50.7 Å². The summed E-state index contributed by atoms with van der Waals surface area (Å²) in [6.45, 7) is 0. The van der Waals surface area contributed by atoms with Gasteiger partial charge in [-0.1, -0.05) is 62.4 Å². The zero-order chi connectivity index (χ0) is 18.7. The Morgan fingerprint density at radius 1 is 1.07 bits per heavy atom. The smallest absolute Gasteiger partial charge is 0.250 e. The average molecular weight is 391 g/mol. The Bertz CT molecular complexity index is 818. The Balaban J connectivity index is 0.00000261. The molecule has 6 heteroatoms. The van der Waals surface area contributed by atoms with E-state index in [2.05, 4.69) is 0 Å². The van der Waals surface area contributed by atoms with Crippen molar-refractivity contribution in [1.29, 1.82) is 0 Å². The summed E-state index contributed by atoms with van der Waals surface area (Å²) in [4.78, 5) is 24.9. The fourth-order valence-electron chi connectivity index (χ4n) is 4.03. The van der Waals surface area contributed by atoms with Crippen molar-refractivity contribution < 1.29 is 14.7 Å². The number of halogens is 1. The third-order valence-corrected chi connectivity index (χ3v) is 5.45. The first-order valence-electron chi connectivity index (χ1n) is 9.28. The van der Waals surface area contributed by atoms with Crippen LogP contribution < -0.4 is 11.5 Å². The van der Waals surface area contributed by atoms with Crippen molar-refractivity contribution in [2.24, 2.45) is 17.4 Å². The lowest BCUT2D eigenvalue weighted by Gasteiger charge is -2.26. The summed E-state index contributed by atoms with van der Waals surface area (Å²) >= 11 is 0. The van der Waals surface area contributed by atoms with Crippen LogP contribution in [0.1, 0.15) is 59.2 Å². The van der Waals surface area contributed by atoms with Crippen LogP contribution in [0.4, 0.5) is 0 Å². The largest absolute Gasteiger partial charge is 0.383 e. The molecule has 1 fully saturated rings. The molecule has 5 N–H and O–H groups in total. The van der Waals surface area contributed by atoms with Gasteiger partial charge in [0.2, 0.25) is 5.91 Å². The zero-order valence-electron chi connectivity index (χ0n) is 15.3. The van der Waals surface area contributed by atoms with Gasteiger partial charge in [-0.2, -0.15) is 0 Å². The number of hydrogen-bond donors (Lipinski definition) is 3. The van der Waals surface area contributed by atoms with E-state index < -0.39 is 23.8 Å². The molecule has 1 aliphatic rings. The molecular weight excluding hydrogens is 364 g/mol. The van der Waals surface area contributed by atoms with Crippen LogP contribution in [0.5, 0.6) is 0 Å². The first kappa shape index (κ1) is 21.4. The quantitative estimate of drug-likeness (QED) is 0.658. The van der Waals surface area contributed by atoms with E-state index in [1.165, 1.54) is 19.3 Å². The van der Waals surface area contributed by atoms with Gasteiger partial charge in [0.25, 0.3) is 0 Å². The highest BCUT2D eigenvalue weighted by Crippen LogP contribution is 2.29. The number of carbonyl (C=O) groups is 2. The van der Waals surface area contributed by atoms with Gasteiger partial charge < -0.3 is 16.6 Å². The molecule has 0 unspecified atom stereocenters. The van der Waals surface area contributed by atoms with Gasteiger partial charge in [0.1, 0.15) is 6.10 Å². The second kappa shape index (κ2) is 9.31. The Kier molecular flexibility index (Phi) is 7.36. The maximum atomic E-state index is 12.9. The van der Waals surface area contributed by atoms with Gasteiger partial charge in [-0.05, 0) is 29.2 Å². The molecule has 1 aliphatic carbocycles. The second-order valence-corrected chi connectivity index (χ2v) is 7.29. The Labute approximate surface area is 165 Å². The number of primary amides is 1. The van der Waals surface area contributed by atoms with Gasteiger partial charge in [0.15, 0.2) is 5.78 Å². The standard InChI is InChI=1S/C21H26N2O3.ClH/c22-17(12-13-6-2-1-3-7-13)20(25)19(24)16-11-10-14-8-4-5-9-15(14)18(16)21(23)26;/h4-5,8-11,13,17,20,25H,1-3,6-7,12,22H2,(H2,23,26);1H/t17-,20+;/m1./s1. The zero-order valence-corrected chi connectivity index (χ0v) is 16.1. The molecule has 1 amide bonds. The number of ketones is 1. The average Bonchev–Trinajstić information content (AvgIpc) is 2.66. The van der Waals surface area contributed by atoms with E-state index in [-0.39, 0.29) is 23.5 Å². The molecule has 0 heterocycles. The van der Waals surface area contributed by atoms with Crippen LogP contribution in [-0.2, 0) is 0 Å². The lowest BCUT2D eigenvalue weighted by Crippen LogP contribution is -2.42. The number of amides is 1. The molecule has 2 atom stereocenters. The topological polar surface area (TPSA) is 106 Å². The SMILES string of the molecule is Cl.NC(=O)c1c(C(=O)[C@@H](O)[C@H](N)CC2CCCCC2)ccc2ccccc12. The van der Waals surface area contributed by atoms with E-state index in [9.17, 15) is 14.7 Å². The number of hydrogen-bond acceptors (Lipinski definition) is 4. The molecule has 3 rings (SSSR count). The molecule has 0 saturated heterocycles. The molecule has 1 saturated carbocycles. The van der Waals surface area contributed by atoms with Crippen LogP contribution in [-0.4, -0.2) is 28.9 Å². The fourth-order valence-corrected chi connectivity index (χ4v) is 4.03. The maximum absolute atomic E-state index is 12.9. The number of benzene rings is 2. The van der Waals surface area contributed by atoms with Crippen LogP contribution in [0, 0.1) is 5.92 Å². The molecule has 2 aromatic carbocycles. The maximum Gasteiger partial charge on any atom is 0.250 e. The number of nitrogens with two attached hydrogens (primary N) is 2. The molecule has 0 radical (unpaired) electrons. The highest BCUT2D eigenvalue weighted by molar-refractivity contribution is 6.16. The van der Waals surface area contributed by atoms with Gasteiger partial charge in [-0.3, -0.25) is 9.59 Å². The molecule has 146 valence electrons. The van der Waals surface area contributed by atoms with E-state index in [0.29, 0.717) is 17.7 Å². The summed E-state index contributed by atoms with van der Waals surface area (Å²) in [5.74, 6) is -0.764. The summed E-state index contributed by atoms with van der Waals surface area (Å²) in [6, 6.07) is 9.91. The third kappa shape index (κ3) is 4.67. The lowest BCUT2D eigenvalue weighted by atomic mass is 9.82. The van der Waals surface area contributed by atoms with Crippen LogP contribution in [0.15, 0.2) is 36.4 Å². The minimum Gasteiger partial charge on any atom is -0.383 e. The molecule has 0 bridgehead atoms. The molecular formula is C21H27ClN2O3. The summed E-state index contributed by atoms with van der Waals surface area (Å²) in [5, 5.41) is 12.0. The number of fused-ring (bicyclic) bond motifs is 1. The number of rotatable bonds is 6. The fraction of sp³-hybridized carbons (Fsp3) is 0.429. The van der Waals surface area contributed by atoms with Gasteiger partial charge in [-0.25, -0.2) is 0 Å². The molecule has 0 aliphatic heterocycles. The number of carbonyl (C=O) groups excluding carboxylic acids is 2. The Morgan fingerprint density at radius 2 is 1.74 bits per heavy atom. The molecule has 0 aromatic heterocycles. The number of aliphatic hydroxyl groups excluding tert-OH is 1. The van der Waals surface area contributed by atoms with Crippen molar-refractivity contribution >= 4 is 34.9 Å². The van der Waals surface area contributed by atoms with Crippen molar-refractivity contribution in [3.63, 3.8) is 0 Å². The monoisotopic (exact) mass is 390 g/mol. The van der Waals surface area contributed by atoms with Crippen LogP contribution >= 0.6 is 12.4 Å². The normalized spacial score (nSPS) is 17.1. The first-order chi connectivity index (χ1) is 12.5. The van der Waals surface area contributed by atoms with Crippen molar-refractivity contribution in [3.05, 3.63) is 47.5 Å². The van der Waals surface area contributed by atoms with Crippen molar-refractivity contribution in [2.75, 3.05) is 0 Å². The van der Waals surface area contributed by atoms with Gasteiger partial charge >= 0.3 is 0 Å². The summed E-state index contributed by atoms with van der Waals surface area (Å²) < 4.78 is 0. The van der Waals surface area contributed by atoms with Gasteiger partial charge in [-0.15, -0.1) is 12.4 Å². The van der Waals surface area contributed by atoms with Crippen LogP contribution in [0.2, 0.25) is 0 Å². The van der Waals surface area contributed by atoms with Crippen molar-refractivity contribution in [1.82, 2.24) is 0 Å². The predicted octanol–water partition coefficient (Wildman–Crippen LogP) is 3.20. The van der Waals surface area contributed by atoms with E-state index >= 15 is 0 Å². The molecule has 2 aromatic rings. The second-order valence-electron chi connectivity index (χ2n) is 7.29. The Hall–Kier alpha value is -1.95. The van der Waals surface area contributed by atoms with Crippen LogP contribution in [0.3, 0.4) is 0 Å². The number of aliphatic hydroxyl groups is 1. The predicted molar refractivity (Wildman–Crippen MR) is 109 cm³/mol. The molecule has 5 nitrogen and oxygen atoms in total. The lowest BCUT2D eigenvalue weighted by molar-refractivity contribution is 0.0661. The molecule has 0 spiro atoms.